The van der Waals surface area contributed by atoms with Gasteiger partial charge < -0.3 is 4.74 Å². The fraction of sp³-hybridized carbons (Fsp3) is 0.222. The zero-order valence-electron chi connectivity index (χ0n) is 8.57. The lowest BCUT2D eigenvalue weighted by molar-refractivity contribution is 0.0594. The van der Waals surface area contributed by atoms with Gasteiger partial charge in [0.15, 0.2) is 5.69 Å². The Labute approximate surface area is 91.1 Å². The van der Waals surface area contributed by atoms with Gasteiger partial charge in [0.1, 0.15) is 0 Å². The number of nitrogens with zero attached hydrogens (tertiary/aromatic N) is 5. The van der Waals surface area contributed by atoms with E-state index in [-0.39, 0.29) is 5.69 Å². The molecule has 0 saturated heterocycles. The summed E-state index contributed by atoms with van der Waals surface area (Å²) in [6, 6.07) is 0. The molecule has 7 heteroatoms. The number of carbonyl (C=O) groups is 1. The predicted molar refractivity (Wildman–Crippen MR) is 52.5 cm³/mol. The molecule has 0 aliphatic rings. The molecule has 7 nitrogen and oxygen atoms in total. The lowest BCUT2D eigenvalue weighted by Gasteiger charge is -1.97. The van der Waals surface area contributed by atoms with Gasteiger partial charge in [0.05, 0.1) is 31.7 Å². The van der Waals surface area contributed by atoms with Crippen LogP contribution < -0.4 is 0 Å². The second kappa shape index (κ2) is 4.47. The van der Waals surface area contributed by atoms with Crippen molar-refractivity contribution in [3.63, 3.8) is 0 Å². The molecule has 0 aliphatic carbocycles. The topological polar surface area (TPSA) is 82.8 Å². The van der Waals surface area contributed by atoms with Crippen LogP contribution in [-0.2, 0) is 11.3 Å². The van der Waals surface area contributed by atoms with Crippen molar-refractivity contribution in [2.45, 2.75) is 6.54 Å². The van der Waals surface area contributed by atoms with Gasteiger partial charge in [0.25, 0.3) is 0 Å². The number of aromatic nitrogens is 5. The Bertz CT molecular complexity index is 482. The van der Waals surface area contributed by atoms with Crippen molar-refractivity contribution < 1.29 is 9.53 Å². The number of rotatable bonds is 3. The molecule has 2 rings (SSSR count). The van der Waals surface area contributed by atoms with E-state index in [2.05, 4.69) is 25.0 Å². The first-order chi connectivity index (χ1) is 7.79. The highest BCUT2D eigenvalue weighted by atomic mass is 16.5. The summed E-state index contributed by atoms with van der Waals surface area (Å²) in [7, 11) is 1.30. The van der Waals surface area contributed by atoms with E-state index in [1.807, 2.05) is 0 Å². The molecule has 0 atom stereocenters. The maximum absolute atomic E-state index is 11.1. The molecule has 0 saturated carbocycles. The maximum atomic E-state index is 11.1. The highest BCUT2D eigenvalue weighted by Gasteiger charge is 2.10. The largest absolute Gasteiger partial charge is 0.464 e. The molecule has 0 radical (unpaired) electrons. The van der Waals surface area contributed by atoms with E-state index >= 15 is 0 Å². The zero-order valence-corrected chi connectivity index (χ0v) is 8.57. The van der Waals surface area contributed by atoms with Crippen molar-refractivity contribution in [3.8, 4) is 0 Å². The van der Waals surface area contributed by atoms with Gasteiger partial charge in [-0.3, -0.25) is 9.97 Å². The average molecular weight is 219 g/mol. The van der Waals surface area contributed by atoms with E-state index in [0.29, 0.717) is 6.54 Å². The van der Waals surface area contributed by atoms with Gasteiger partial charge >= 0.3 is 5.97 Å². The Morgan fingerprint density at radius 3 is 3.06 bits per heavy atom. The number of hydrogen-bond donors (Lipinski definition) is 0. The average Bonchev–Trinajstić information content (AvgIpc) is 2.78. The number of ether oxygens (including phenoxy) is 1. The fourth-order valence-electron chi connectivity index (χ4n) is 1.15. The summed E-state index contributed by atoms with van der Waals surface area (Å²) in [5.41, 5.74) is 0.912. The van der Waals surface area contributed by atoms with E-state index in [1.165, 1.54) is 18.0 Å². The lowest BCUT2D eigenvalue weighted by Crippen LogP contribution is -2.03. The minimum Gasteiger partial charge on any atom is -0.464 e. The van der Waals surface area contributed by atoms with E-state index < -0.39 is 5.97 Å². The standard InChI is InChI=1S/C9H9N5O2/c1-16-9(15)8-6-14(13-12-8)5-7-4-10-2-3-11-7/h2-4,6H,5H2,1H3. The van der Waals surface area contributed by atoms with Gasteiger partial charge in [-0.15, -0.1) is 5.10 Å². The molecule has 0 N–H and O–H groups in total. The summed E-state index contributed by atoms with van der Waals surface area (Å²) in [5.74, 6) is -0.509. The zero-order chi connectivity index (χ0) is 11.4. The van der Waals surface area contributed by atoms with Crippen molar-refractivity contribution in [1.82, 2.24) is 25.0 Å². The Kier molecular flexibility index (Phi) is 2.86. The van der Waals surface area contributed by atoms with Crippen LogP contribution in [0.25, 0.3) is 0 Å². The Morgan fingerprint density at radius 2 is 2.38 bits per heavy atom. The molecule has 0 aliphatic heterocycles. The second-order valence-electron chi connectivity index (χ2n) is 2.99. The number of methoxy groups -OCH3 is 1. The second-order valence-corrected chi connectivity index (χ2v) is 2.99. The molecule has 0 aromatic carbocycles. The first-order valence-electron chi connectivity index (χ1n) is 4.53. The molecule has 2 aromatic heterocycles. The van der Waals surface area contributed by atoms with Crippen LogP contribution in [0.15, 0.2) is 24.8 Å². The Balaban J connectivity index is 2.12. The van der Waals surface area contributed by atoms with Gasteiger partial charge in [-0.05, 0) is 0 Å². The van der Waals surface area contributed by atoms with Crippen LogP contribution in [0.2, 0.25) is 0 Å². The van der Waals surface area contributed by atoms with E-state index in [0.717, 1.165) is 5.69 Å². The van der Waals surface area contributed by atoms with E-state index in [1.54, 1.807) is 18.6 Å². The van der Waals surface area contributed by atoms with Crippen molar-refractivity contribution in [2.75, 3.05) is 7.11 Å². The normalized spacial score (nSPS) is 10.1. The van der Waals surface area contributed by atoms with Crippen LogP contribution in [-0.4, -0.2) is 38.0 Å². The molecule has 16 heavy (non-hydrogen) atoms. The van der Waals surface area contributed by atoms with Gasteiger partial charge in [-0.25, -0.2) is 9.48 Å². The fourth-order valence-corrected chi connectivity index (χ4v) is 1.15. The van der Waals surface area contributed by atoms with Crippen molar-refractivity contribution in [3.05, 3.63) is 36.2 Å². The van der Waals surface area contributed by atoms with Gasteiger partial charge in [0.2, 0.25) is 0 Å². The first kappa shape index (κ1) is 10.2. The summed E-state index contributed by atoms with van der Waals surface area (Å²) in [4.78, 5) is 19.1. The number of hydrogen-bond acceptors (Lipinski definition) is 6. The van der Waals surface area contributed by atoms with Crippen LogP contribution in [0, 0.1) is 0 Å². The molecule has 2 aromatic rings. The minimum atomic E-state index is -0.509. The molecule has 0 fully saturated rings. The third kappa shape index (κ3) is 2.19. The summed E-state index contributed by atoms with van der Waals surface area (Å²) in [5, 5.41) is 7.45. The predicted octanol–water partition coefficient (Wildman–Crippen LogP) is -0.0970. The summed E-state index contributed by atoms with van der Waals surface area (Å²) < 4.78 is 6.01. The van der Waals surface area contributed by atoms with E-state index in [4.69, 9.17) is 0 Å². The van der Waals surface area contributed by atoms with Crippen molar-refractivity contribution in [2.24, 2.45) is 0 Å². The van der Waals surface area contributed by atoms with Crippen molar-refractivity contribution in [1.29, 1.82) is 0 Å². The summed E-state index contributed by atoms with van der Waals surface area (Å²) in [6.45, 7) is 0.415. The van der Waals surface area contributed by atoms with Crippen LogP contribution >= 0.6 is 0 Å². The molecule has 82 valence electrons. The minimum absolute atomic E-state index is 0.173. The maximum Gasteiger partial charge on any atom is 0.360 e. The molecular weight excluding hydrogens is 210 g/mol. The highest BCUT2D eigenvalue weighted by molar-refractivity contribution is 5.86. The first-order valence-corrected chi connectivity index (χ1v) is 4.53. The smallest absolute Gasteiger partial charge is 0.360 e. The SMILES string of the molecule is COC(=O)c1cn(Cc2cnccn2)nn1. The van der Waals surface area contributed by atoms with Crippen LogP contribution in [0.5, 0.6) is 0 Å². The third-order valence-corrected chi connectivity index (χ3v) is 1.87. The molecule has 0 bridgehead atoms. The van der Waals surface area contributed by atoms with Crippen LogP contribution in [0.1, 0.15) is 16.2 Å². The van der Waals surface area contributed by atoms with Gasteiger partial charge in [0, 0.05) is 12.4 Å². The highest BCUT2D eigenvalue weighted by Crippen LogP contribution is 1.98. The Morgan fingerprint density at radius 1 is 1.50 bits per heavy atom. The van der Waals surface area contributed by atoms with E-state index in [9.17, 15) is 4.79 Å². The molecular formula is C9H9N5O2. The molecule has 0 unspecified atom stereocenters. The molecule has 2 heterocycles. The summed E-state index contributed by atoms with van der Waals surface area (Å²) in [6.07, 6.45) is 6.30. The number of carbonyl (C=O) groups excluding carboxylic acids is 1. The van der Waals surface area contributed by atoms with Crippen LogP contribution in [0.3, 0.4) is 0 Å². The molecule has 0 amide bonds. The lowest BCUT2D eigenvalue weighted by atomic mass is 10.4. The van der Waals surface area contributed by atoms with Gasteiger partial charge in [-0.1, -0.05) is 5.21 Å². The number of esters is 1. The summed E-state index contributed by atoms with van der Waals surface area (Å²) >= 11 is 0. The third-order valence-electron chi connectivity index (χ3n) is 1.87. The molecule has 0 spiro atoms. The quantitative estimate of drug-likeness (QED) is 0.670. The monoisotopic (exact) mass is 219 g/mol. The van der Waals surface area contributed by atoms with Gasteiger partial charge in [-0.2, -0.15) is 0 Å². The van der Waals surface area contributed by atoms with Crippen molar-refractivity contribution >= 4 is 5.97 Å². The van der Waals surface area contributed by atoms with Crippen LogP contribution in [0.4, 0.5) is 0 Å². The Hall–Kier alpha value is -2.31.